The molecule has 1 aromatic carbocycles. The number of nitrogens with one attached hydrogen (secondary N) is 2. The lowest BCUT2D eigenvalue weighted by Crippen LogP contribution is -2.46. The van der Waals surface area contributed by atoms with Crippen LogP contribution in [0.15, 0.2) is 28.7 Å². The standard InChI is InChI=1S/C15H22BrN3O/c1-17-10-15(20)18-14-6-8-19(9-7-14)11-12-2-4-13(16)5-3-12/h2-5,14,17H,6-11H2,1H3,(H,18,20). The summed E-state index contributed by atoms with van der Waals surface area (Å²) in [4.78, 5) is 14.0. The molecule has 1 amide bonds. The normalized spacial score (nSPS) is 17.1. The van der Waals surface area contributed by atoms with E-state index in [-0.39, 0.29) is 5.91 Å². The fraction of sp³-hybridized carbons (Fsp3) is 0.533. The zero-order chi connectivity index (χ0) is 14.4. The predicted molar refractivity (Wildman–Crippen MR) is 84.5 cm³/mol. The van der Waals surface area contributed by atoms with E-state index in [4.69, 9.17) is 0 Å². The molecule has 0 aromatic heterocycles. The van der Waals surface area contributed by atoms with Crippen molar-refractivity contribution in [2.45, 2.75) is 25.4 Å². The van der Waals surface area contributed by atoms with Crippen LogP contribution in [0.3, 0.4) is 0 Å². The Morgan fingerprint density at radius 2 is 1.95 bits per heavy atom. The van der Waals surface area contributed by atoms with Crippen molar-refractivity contribution in [3.63, 3.8) is 0 Å². The number of hydrogen-bond acceptors (Lipinski definition) is 3. The Labute approximate surface area is 129 Å². The van der Waals surface area contributed by atoms with Gasteiger partial charge in [-0.05, 0) is 37.6 Å². The maximum absolute atomic E-state index is 11.5. The second kappa shape index (κ2) is 7.76. The van der Waals surface area contributed by atoms with E-state index in [1.165, 1.54) is 5.56 Å². The molecule has 0 saturated carbocycles. The number of halogens is 1. The third kappa shape index (κ3) is 4.89. The molecule has 1 heterocycles. The van der Waals surface area contributed by atoms with Gasteiger partial charge < -0.3 is 10.6 Å². The second-order valence-corrected chi connectivity index (χ2v) is 6.19. The third-order valence-corrected chi connectivity index (χ3v) is 4.14. The van der Waals surface area contributed by atoms with Gasteiger partial charge in [-0.3, -0.25) is 9.69 Å². The van der Waals surface area contributed by atoms with Gasteiger partial charge in [-0.2, -0.15) is 0 Å². The predicted octanol–water partition coefficient (Wildman–Crippen LogP) is 1.75. The average molecular weight is 340 g/mol. The van der Waals surface area contributed by atoms with E-state index in [0.717, 1.165) is 36.9 Å². The van der Waals surface area contributed by atoms with Gasteiger partial charge in [-0.25, -0.2) is 0 Å². The van der Waals surface area contributed by atoms with Gasteiger partial charge in [0.1, 0.15) is 0 Å². The van der Waals surface area contributed by atoms with Crippen molar-refractivity contribution in [1.29, 1.82) is 0 Å². The summed E-state index contributed by atoms with van der Waals surface area (Å²) in [7, 11) is 1.79. The van der Waals surface area contributed by atoms with Crippen LogP contribution in [0.5, 0.6) is 0 Å². The number of piperidine rings is 1. The average Bonchev–Trinajstić information content (AvgIpc) is 2.44. The summed E-state index contributed by atoms with van der Waals surface area (Å²) in [5.74, 6) is 0.0962. The molecule has 1 aliphatic rings. The molecule has 0 aliphatic carbocycles. The lowest BCUT2D eigenvalue weighted by atomic mass is 10.0. The van der Waals surface area contributed by atoms with E-state index in [9.17, 15) is 4.79 Å². The topological polar surface area (TPSA) is 44.4 Å². The van der Waals surface area contributed by atoms with E-state index in [0.29, 0.717) is 12.6 Å². The summed E-state index contributed by atoms with van der Waals surface area (Å²) in [5, 5.41) is 5.95. The molecule has 0 unspecified atom stereocenters. The number of hydrogen-bond donors (Lipinski definition) is 2. The molecule has 2 rings (SSSR count). The Morgan fingerprint density at radius 1 is 1.30 bits per heavy atom. The molecule has 1 saturated heterocycles. The number of benzene rings is 1. The Morgan fingerprint density at radius 3 is 2.55 bits per heavy atom. The highest BCUT2D eigenvalue weighted by Gasteiger charge is 2.20. The van der Waals surface area contributed by atoms with Gasteiger partial charge in [-0.1, -0.05) is 28.1 Å². The van der Waals surface area contributed by atoms with Crippen molar-refractivity contribution in [1.82, 2.24) is 15.5 Å². The van der Waals surface area contributed by atoms with Crippen LogP contribution in [-0.4, -0.2) is 43.5 Å². The molecular weight excluding hydrogens is 318 g/mol. The minimum atomic E-state index is 0.0962. The van der Waals surface area contributed by atoms with Gasteiger partial charge in [0.2, 0.25) is 5.91 Å². The second-order valence-electron chi connectivity index (χ2n) is 5.27. The molecule has 5 heteroatoms. The van der Waals surface area contributed by atoms with E-state index in [2.05, 4.69) is 55.7 Å². The van der Waals surface area contributed by atoms with Gasteiger partial charge in [0.15, 0.2) is 0 Å². The van der Waals surface area contributed by atoms with Crippen molar-refractivity contribution in [2.24, 2.45) is 0 Å². The minimum absolute atomic E-state index is 0.0962. The van der Waals surface area contributed by atoms with Gasteiger partial charge in [0.05, 0.1) is 6.54 Å². The first kappa shape index (κ1) is 15.5. The first-order chi connectivity index (χ1) is 9.67. The zero-order valence-corrected chi connectivity index (χ0v) is 13.4. The third-order valence-electron chi connectivity index (χ3n) is 3.61. The first-order valence-corrected chi connectivity index (χ1v) is 7.87. The molecule has 0 bridgehead atoms. The summed E-state index contributed by atoms with van der Waals surface area (Å²) in [6, 6.07) is 8.81. The van der Waals surface area contributed by atoms with Crippen molar-refractivity contribution in [3.05, 3.63) is 34.3 Å². The Hall–Kier alpha value is -0.910. The fourth-order valence-electron chi connectivity index (χ4n) is 2.52. The van der Waals surface area contributed by atoms with E-state index >= 15 is 0 Å². The molecule has 2 N–H and O–H groups in total. The SMILES string of the molecule is CNCC(=O)NC1CCN(Cc2ccc(Br)cc2)CC1. The smallest absolute Gasteiger partial charge is 0.234 e. The van der Waals surface area contributed by atoms with E-state index in [1.807, 2.05) is 0 Å². The number of carbonyl (C=O) groups is 1. The number of likely N-dealkylation sites (N-methyl/N-ethyl adjacent to an activating group) is 1. The quantitative estimate of drug-likeness (QED) is 0.858. The first-order valence-electron chi connectivity index (χ1n) is 7.08. The maximum atomic E-state index is 11.5. The van der Waals surface area contributed by atoms with Crippen molar-refractivity contribution >= 4 is 21.8 Å². The molecule has 0 spiro atoms. The van der Waals surface area contributed by atoms with E-state index < -0.39 is 0 Å². The number of rotatable bonds is 5. The van der Waals surface area contributed by atoms with Crippen molar-refractivity contribution in [2.75, 3.05) is 26.7 Å². The summed E-state index contributed by atoms with van der Waals surface area (Å²) < 4.78 is 1.12. The Bertz CT molecular complexity index is 427. The van der Waals surface area contributed by atoms with Crippen LogP contribution < -0.4 is 10.6 Å². The molecular formula is C15H22BrN3O. The van der Waals surface area contributed by atoms with Crippen molar-refractivity contribution in [3.8, 4) is 0 Å². The number of likely N-dealkylation sites (tertiary alicyclic amines) is 1. The number of amides is 1. The molecule has 1 aliphatic heterocycles. The summed E-state index contributed by atoms with van der Waals surface area (Å²) in [6.07, 6.45) is 2.07. The molecule has 1 aromatic rings. The molecule has 20 heavy (non-hydrogen) atoms. The van der Waals surface area contributed by atoms with Crippen LogP contribution >= 0.6 is 15.9 Å². The lowest BCUT2D eigenvalue weighted by Gasteiger charge is -2.32. The minimum Gasteiger partial charge on any atom is -0.352 e. The van der Waals surface area contributed by atoms with Crippen LogP contribution in [0.2, 0.25) is 0 Å². The Balaban J connectivity index is 1.74. The van der Waals surface area contributed by atoms with Crippen LogP contribution in [0.1, 0.15) is 18.4 Å². The van der Waals surface area contributed by atoms with Crippen molar-refractivity contribution < 1.29 is 4.79 Å². The van der Waals surface area contributed by atoms with Crippen LogP contribution in [0.25, 0.3) is 0 Å². The van der Waals surface area contributed by atoms with Gasteiger partial charge in [0, 0.05) is 30.1 Å². The summed E-state index contributed by atoms with van der Waals surface area (Å²) in [5.41, 5.74) is 1.34. The molecule has 0 radical (unpaired) electrons. The number of carbonyl (C=O) groups excluding carboxylic acids is 1. The van der Waals surface area contributed by atoms with Crippen LogP contribution in [0.4, 0.5) is 0 Å². The molecule has 0 atom stereocenters. The van der Waals surface area contributed by atoms with Crippen LogP contribution in [-0.2, 0) is 11.3 Å². The Kier molecular flexibility index (Phi) is 6.01. The summed E-state index contributed by atoms with van der Waals surface area (Å²) >= 11 is 3.46. The van der Waals surface area contributed by atoms with E-state index in [1.54, 1.807) is 7.05 Å². The largest absolute Gasteiger partial charge is 0.352 e. The maximum Gasteiger partial charge on any atom is 0.234 e. The monoisotopic (exact) mass is 339 g/mol. The molecule has 1 fully saturated rings. The highest BCUT2D eigenvalue weighted by molar-refractivity contribution is 9.10. The summed E-state index contributed by atoms with van der Waals surface area (Å²) in [6.45, 7) is 3.48. The molecule has 4 nitrogen and oxygen atoms in total. The lowest BCUT2D eigenvalue weighted by molar-refractivity contribution is -0.121. The fourth-order valence-corrected chi connectivity index (χ4v) is 2.79. The highest BCUT2D eigenvalue weighted by atomic mass is 79.9. The van der Waals surface area contributed by atoms with Crippen LogP contribution in [0, 0.1) is 0 Å². The van der Waals surface area contributed by atoms with Gasteiger partial charge in [0.25, 0.3) is 0 Å². The van der Waals surface area contributed by atoms with Gasteiger partial charge >= 0.3 is 0 Å². The number of nitrogens with zero attached hydrogens (tertiary/aromatic N) is 1. The zero-order valence-electron chi connectivity index (χ0n) is 11.9. The highest BCUT2D eigenvalue weighted by Crippen LogP contribution is 2.16. The molecule has 110 valence electrons. The van der Waals surface area contributed by atoms with Gasteiger partial charge in [-0.15, -0.1) is 0 Å².